The largest absolute Gasteiger partial charge is 0.354 e. The fourth-order valence-electron chi connectivity index (χ4n) is 3.97. The number of nitrogens with two attached hydrogens (primary N) is 1. The molecule has 3 rings (SSSR count). The molecule has 0 aliphatic carbocycles. The summed E-state index contributed by atoms with van der Waals surface area (Å²) in [4.78, 5) is 28.5. The number of carbonyl (C=O) groups excluding carboxylic acids is 2. The molecule has 0 saturated carbocycles. The van der Waals surface area contributed by atoms with E-state index in [0.29, 0.717) is 56.2 Å². The molecule has 6 nitrogen and oxygen atoms in total. The molecule has 1 aliphatic heterocycles. The molecule has 1 fully saturated rings. The van der Waals surface area contributed by atoms with E-state index < -0.39 is 6.04 Å². The van der Waals surface area contributed by atoms with Crippen molar-refractivity contribution in [2.75, 3.05) is 32.7 Å². The van der Waals surface area contributed by atoms with Gasteiger partial charge in [0.1, 0.15) is 5.82 Å². The number of hydrogen-bond acceptors (Lipinski definition) is 4. The summed E-state index contributed by atoms with van der Waals surface area (Å²) in [6, 6.07) is 13.0. The third kappa shape index (κ3) is 6.28. The number of halogens is 2. The van der Waals surface area contributed by atoms with Gasteiger partial charge in [-0.2, -0.15) is 0 Å². The molecule has 0 spiro atoms. The van der Waals surface area contributed by atoms with E-state index in [-0.39, 0.29) is 23.7 Å². The van der Waals surface area contributed by atoms with E-state index >= 15 is 0 Å². The number of piperazine rings is 1. The first-order valence-corrected chi connectivity index (χ1v) is 11.3. The molecule has 0 bridgehead atoms. The third-order valence-corrected chi connectivity index (χ3v) is 6.08. The first-order chi connectivity index (χ1) is 15.4. The molecule has 2 unspecified atom stereocenters. The minimum absolute atomic E-state index is 0.0756. The molecule has 1 heterocycles. The van der Waals surface area contributed by atoms with Crippen LogP contribution in [0.25, 0.3) is 0 Å². The normalized spacial score (nSPS) is 16.4. The van der Waals surface area contributed by atoms with Crippen molar-refractivity contribution in [3.05, 3.63) is 70.5 Å². The van der Waals surface area contributed by atoms with Crippen LogP contribution in [0.15, 0.2) is 48.5 Å². The molecule has 2 atom stereocenters. The van der Waals surface area contributed by atoms with Gasteiger partial charge >= 0.3 is 0 Å². The summed E-state index contributed by atoms with van der Waals surface area (Å²) >= 11 is 5.92. The van der Waals surface area contributed by atoms with Gasteiger partial charge < -0.3 is 16.0 Å². The quantitative estimate of drug-likeness (QED) is 0.635. The monoisotopic (exact) mass is 460 g/mol. The van der Waals surface area contributed by atoms with E-state index in [1.165, 1.54) is 6.07 Å². The number of rotatable bonds is 8. The Kier molecular flexibility index (Phi) is 8.61. The van der Waals surface area contributed by atoms with Crippen LogP contribution in [-0.2, 0) is 16.0 Å². The van der Waals surface area contributed by atoms with E-state index in [1.54, 1.807) is 42.2 Å². The highest BCUT2D eigenvalue weighted by Gasteiger charge is 2.30. The number of nitrogens with zero attached hydrogens (tertiary/aromatic N) is 2. The topological polar surface area (TPSA) is 78.7 Å². The minimum Gasteiger partial charge on any atom is -0.354 e. The lowest BCUT2D eigenvalue weighted by Gasteiger charge is -2.40. The van der Waals surface area contributed by atoms with E-state index in [4.69, 9.17) is 17.3 Å². The smallest absolute Gasteiger partial charge is 0.239 e. The first kappa shape index (κ1) is 24.2. The van der Waals surface area contributed by atoms with E-state index in [0.717, 1.165) is 5.56 Å². The molecule has 32 heavy (non-hydrogen) atoms. The van der Waals surface area contributed by atoms with Gasteiger partial charge in [-0.05, 0) is 30.2 Å². The molecular weight excluding hydrogens is 431 g/mol. The first-order valence-electron chi connectivity index (χ1n) is 10.9. The molecule has 172 valence electrons. The Morgan fingerprint density at radius 3 is 2.38 bits per heavy atom. The van der Waals surface area contributed by atoms with Gasteiger partial charge in [-0.15, -0.1) is 0 Å². The van der Waals surface area contributed by atoms with Crippen molar-refractivity contribution in [1.82, 2.24) is 15.1 Å². The Labute approximate surface area is 193 Å². The summed E-state index contributed by atoms with van der Waals surface area (Å²) in [6.45, 7) is 4.24. The van der Waals surface area contributed by atoms with Gasteiger partial charge in [-0.25, -0.2) is 4.39 Å². The summed E-state index contributed by atoms with van der Waals surface area (Å²) in [6.07, 6.45) is 0.814. The molecule has 2 amide bonds. The van der Waals surface area contributed by atoms with Gasteiger partial charge in [0, 0.05) is 49.7 Å². The van der Waals surface area contributed by atoms with Crippen LogP contribution >= 0.6 is 11.6 Å². The Morgan fingerprint density at radius 2 is 1.75 bits per heavy atom. The van der Waals surface area contributed by atoms with Crippen LogP contribution in [0.1, 0.15) is 30.5 Å². The minimum atomic E-state index is -0.631. The molecule has 8 heteroatoms. The number of benzene rings is 2. The third-order valence-electron chi connectivity index (χ3n) is 5.83. The number of nitrogens with one attached hydrogen (secondary N) is 1. The molecule has 3 N–H and O–H groups in total. The Hall–Kier alpha value is -2.48. The van der Waals surface area contributed by atoms with E-state index in [9.17, 15) is 14.0 Å². The van der Waals surface area contributed by atoms with Gasteiger partial charge in [-0.3, -0.25) is 14.5 Å². The van der Waals surface area contributed by atoms with Crippen molar-refractivity contribution in [2.24, 2.45) is 5.73 Å². The highest BCUT2D eigenvalue weighted by atomic mass is 35.5. The molecule has 1 aliphatic rings. The van der Waals surface area contributed by atoms with Crippen LogP contribution in [0.4, 0.5) is 4.39 Å². The van der Waals surface area contributed by atoms with Crippen molar-refractivity contribution in [2.45, 2.75) is 31.8 Å². The van der Waals surface area contributed by atoms with Gasteiger partial charge in [0.05, 0.1) is 12.1 Å². The maximum Gasteiger partial charge on any atom is 0.239 e. The predicted molar refractivity (Wildman–Crippen MR) is 124 cm³/mol. The second-order valence-electron chi connectivity index (χ2n) is 7.99. The molecule has 0 aromatic heterocycles. The predicted octanol–water partition coefficient (Wildman–Crippen LogP) is 2.76. The van der Waals surface area contributed by atoms with Crippen molar-refractivity contribution in [1.29, 1.82) is 0 Å². The number of amides is 2. The summed E-state index contributed by atoms with van der Waals surface area (Å²) in [5.41, 5.74) is 7.69. The SMILES string of the molecule is CCC(=O)NCC(c1ccccc1F)N1CCN(C(=O)C(N)Cc2ccc(Cl)cc2)CC1. The molecular formula is C24H30ClFN4O2. The van der Waals surface area contributed by atoms with Gasteiger partial charge in [0.25, 0.3) is 0 Å². The summed E-state index contributed by atoms with van der Waals surface area (Å²) in [5.74, 6) is -0.471. The Bertz CT molecular complexity index is 916. The van der Waals surface area contributed by atoms with Crippen molar-refractivity contribution >= 4 is 23.4 Å². The summed E-state index contributed by atoms with van der Waals surface area (Å²) in [5, 5.41) is 3.52. The van der Waals surface area contributed by atoms with Crippen molar-refractivity contribution in [3.63, 3.8) is 0 Å². The van der Waals surface area contributed by atoms with Crippen LogP contribution in [0.2, 0.25) is 5.02 Å². The zero-order valence-electron chi connectivity index (χ0n) is 18.3. The highest BCUT2D eigenvalue weighted by molar-refractivity contribution is 6.30. The van der Waals surface area contributed by atoms with Crippen LogP contribution in [-0.4, -0.2) is 60.4 Å². The standard InChI is InChI=1S/C24H30ClFN4O2/c1-2-23(31)28-16-22(19-5-3-4-6-20(19)26)29-11-13-30(14-12-29)24(32)21(27)15-17-7-9-18(25)10-8-17/h3-10,21-22H,2,11-16,27H2,1H3,(H,28,31). The van der Waals surface area contributed by atoms with Crippen LogP contribution in [0, 0.1) is 5.82 Å². The lowest BCUT2D eigenvalue weighted by atomic mass is 10.0. The van der Waals surface area contributed by atoms with E-state index in [2.05, 4.69) is 10.2 Å². The highest BCUT2D eigenvalue weighted by Crippen LogP contribution is 2.24. The average Bonchev–Trinajstić information content (AvgIpc) is 2.81. The molecule has 1 saturated heterocycles. The average molecular weight is 461 g/mol. The maximum absolute atomic E-state index is 14.5. The van der Waals surface area contributed by atoms with Gasteiger partial charge in [-0.1, -0.05) is 48.9 Å². The van der Waals surface area contributed by atoms with Gasteiger partial charge in [0.15, 0.2) is 0 Å². The van der Waals surface area contributed by atoms with Gasteiger partial charge in [0.2, 0.25) is 11.8 Å². The zero-order valence-corrected chi connectivity index (χ0v) is 19.0. The fourth-order valence-corrected chi connectivity index (χ4v) is 4.09. The molecule has 2 aromatic carbocycles. The van der Waals surface area contributed by atoms with Crippen molar-refractivity contribution < 1.29 is 14.0 Å². The lowest BCUT2D eigenvalue weighted by Crippen LogP contribution is -2.55. The molecule has 2 aromatic rings. The Morgan fingerprint density at radius 1 is 1.09 bits per heavy atom. The van der Waals surface area contributed by atoms with Crippen molar-refractivity contribution in [3.8, 4) is 0 Å². The molecule has 0 radical (unpaired) electrons. The zero-order chi connectivity index (χ0) is 23.1. The number of hydrogen-bond donors (Lipinski definition) is 2. The van der Waals surface area contributed by atoms with Crippen LogP contribution in [0.3, 0.4) is 0 Å². The second kappa shape index (κ2) is 11.4. The number of carbonyl (C=O) groups is 2. The van der Waals surface area contributed by atoms with Crippen LogP contribution < -0.4 is 11.1 Å². The van der Waals surface area contributed by atoms with E-state index in [1.807, 2.05) is 12.1 Å². The summed E-state index contributed by atoms with van der Waals surface area (Å²) < 4.78 is 14.5. The second-order valence-corrected chi connectivity index (χ2v) is 8.43. The lowest BCUT2D eigenvalue weighted by molar-refractivity contribution is -0.134. The summed E-state index contributed by atoms with van der Waals surface area (Å²) in [7, 11) is 0. The van der Waals surface area contributed by atoms with Crippen LogP contribution in [0.5, 0.6) is 0 Å². The Balaban J connectivity index is 1.62. The fraction of sp³-hybridized carbons (Fsp3) is 0.417. The maximum atomic E-state index is 14.5.